The van der Waals surface area contributed by atoms with E-state index in [1.165, 1.54) is 0 Å². The Balaban J connectivity index is 3.43. The molecule has 0 amide bonds. The molecule has 1 atom stereocenters. The van der Waals surface area contributed by atoms with Crippen LogP contribution in [-0.2, 0) is 9.53 Å². The molecule has 0 aliphatic carbocycles. The average molecular weight is 302 g/mol. The van der Waals surface area contributed by atoms with Gasteiger partial charge in [-0.15, -0.1) is 0 Å². The number of carbonyl (C=O) groups excluding carboxylic acids is 1. The lowest BCUT2D eigenvalue weighted by atomic mass is 10.3. The smallest absolute Gasteiger partial charge is 0.319 e. The van der Waals surface area contributed by atoms with Crippen LogP contribution in [0.25, 0.3) is 0 Å². The van der Waals surface area contributed by atoms with Gasteiger partial charge in [0.1, 0.15) is 4.83 Å². The van der Waals surface area contributed by atoms with Gasteiger partial charge >= 0.3 is 5.97 Å². The van der Waals surface area contributed by atoms with Crippen molar-refractivity contribution < 1.29 is 9.53 Å². The van der Waals surface area contributed by atoms with Crippen molar-refractivity contribution in [3.8, 4) is 0 Å². The summed E-state index contributed by atoms with van der Waals surface area (Å²) in [7, 11) is 0. The molecule has 0 aromatic rings. The van der Waals surface area contributed by atoms with E-state index in [0.717, 1.165) is 24.6 Å². The molecule has 0 aliphatic heterocycles. The summed E-state index contributed by atoms with van der Waals surface area (Å²) in [4.78, 5) is 11.0. The maximum absolute atomic E-state index is 11.1. The second-order valence-electron chi connectivity index (χ2n) is 2.47. The number of esters is 1. The van der Waals surface area contributed by atoms with Gasteiger partial charge in [0.15, 0.2) is 0 Å². The minimum absolute atomic E-state index is 0.150. The number of alkyl halides is 2. The van der Waals surface area contributed by atoms with Crippen molar-refractivity contribution in [2.75, 3.05) is 11.9 Å². The lowest BCUT2D eigenvalue weighted by molar-refractivity contribution is -0.142. The van der Waals surface area contributed by atoms with Crippen molar-refractivity contribution in [3.63, 3.8) is 0 Å². The van der Waals surface area contributed by atoms with E-state index in [9.17, 15) is 4.79 Å². The summed E-state index contributed by atoms with van der Waals surface area (Å²) < 4.78 is 4.99. The summed E-state index contributed by atoms with van der Waals surface area (Å²) in [6, 6.07) is 0. The predicted molar refractivity (Wildman–Crippen MR) is 57.0 cm³/mol. The Hall–Kier alpha value is 0.430. The maximum atomic E-state index is 11.1. The molecule has 72 valence electrons. The minimum atomic E-state index is -0.159. The lowest BCUT2D eigenvalue weighted by Crippen LogP contribution is -2.18. The summed E-state index contributed by atoms with van der Waals surface area (Å²) in [6.07, 6.45) is 2.77. The second-order valence-corrected chi connectivity index (χ2v) is 4.36. The molecule has 0 N–H and O–H groups in total. The normalized spacial score (nSPS) is 12.6. The van der Waals surface area contributed by atoms with E-state index in [4.69, 9.17) is 4.74 Å². The van der Waals surface area contributed by atoms with E-state index in [-0.39, 0.29) is 10.8 Å². The Morgan fingerprint density at radius 2 is 2.25 bits per heavy atom. The topological polar surface area (TPSA) is 26.3 Å². The molecule has 1 unspecified atom stereocenters. The first kappa shape index (κ1) is 12.4. The van der Waals surface area contributed by atoms with Crippen LogP contribution in [0.4, 0.5) is 0 Å². The van der Waals surface area contributed by atoms with Gasteiger partial charge in [-0.3, -0.25) is 4.79 Å². The molecule has 0 fully saturated rings. The Kier molecular flexibility index (Phi) is 8.34. The van der Waals surface area contributed by atoms with Crippen molar-refractivity contribution in [3.05, 3.63) is 0 Å². The monoisotopic (exact) mass is 300 g/mol. The summed E-state index contributed by atoms with van der Waals surface area (Å²) in [5, 5.41) is 0.811. The average Bonchev–Trinajstić information content (AvgIpc) is 2.05. The van der Waals surface area contributed by atoms with Crippen LogP contribution in [-0.4, -0.2) is 22.7 Å². The third-order valence-electron chi connectivity index (χ3n) is 1.36. The maximum Gasteiger partial charge on any atom is 0.319 e. The molecule has 0 aromatic carbocycles. The largest absolute Gasteiger partial charge is 0.465 e. The first-order valence-corrected chi connectivity index (χ1v) is 6.12. The molecule has 0 rings (SSSR count). The summed E-state index contributed by atoms with van der Waals surface area (Å²) in [5.74, 6) is -0.150. The highest BCUT2D eigenvalue weighted by atomic mass is 79.9. The van der Waals surface area contributed by atoms with Crippen molar-refractivity contribution in [1.29, 1.82) is 0 Å². The molecule has 0 aromatic heterocycles. The van der Waals surface area contributed by atoms with Gasteiger partial charge in [0.25, 0.3) is 0 Å². The van der Waals surface area contributed by atoms with Gasteiger partial charge in [-0.2, -0.15) is 0 Å². The molecule has 0 bridgehead atoms. The number of hydrogen-bond donors (Lipinski definition) is 0. The standard InChI is InChI=1S/C8H14Br2O2/c1-2-3-6-12-8(11)7(10)4-5-9/h7H,2-6H2,1H3. The van der Waals surface area contributed by atoms with Crippen LogP contribution in [0.5, 0.6) is 0 Å². The quantitative estimate of drug-likeness (QED) is 0.428. The van der Waals surface area contributed by atoms with Crippen LogP contribution in [0, 0.1) is 0 Å². The fourth-order valence-corrected chi connectivity index (χ4v) is 2.05. The molecule has 0 spiro atoms. The SMILES string of the molecule is CCCCOC(=O)C(Br)CCBr. The molecule has 0 radical (unpaired) electrons. The molecule has 4 heteroatoms. The first-order chi connectivity index (χ1) is 5.72. The summed E-state index contributed by atoms with van der Waals surface area (Å²) in [5.41, 5.74) is 0. The summed E-state index contributed by atoms with van der Waals surface area (Å²) in [6.45, 7) is 2.61. The fourth-order valence-electron chi connectivity index (χ4n) is 0.621. The Morgan fingerprint density at radius 1 is 1.58 bits per heavy atom. The molecule has 0 saturated heterocycles. The zero-order chi connectivity index (χ0) is 9.40. The molecular formula is C8H14Br2O2. The molecule has 12 heavy (non-hydrogen) atoms. The molecular weight excluding hydrogens is 288 g/mol. The van der Waals surface area contributed by atoms with Gasteiger partial charge in [-0.05, 0) is 12.8 Å². The zero-order valence-corrected chi connectivity index (χ0v) is 10.4. The van der Waals surface area contributed by atoms with Gasteiger partial charge in [0.05, 0.1) is 6.61 Å². The number of halogens is 2. The van der Waals surface area contributed by atoms with Crippen LogP contribution >= 0.6 is 31.9 Å². The highest BCUT2D eigenvalue weighted by Crippen LogP contribution is 2.09. The molecule has 0 saturated carbocycles. The van der Waals surface area contributed by atoms with Crippen molar-refractivity contribution in [1.82, 2.24) is 0 Å². The van der Waals surface area contributed by atoms with Crippen LogP contribution in [0.1, 0.15) is 26.2 Å². The number of hydrogen-bond acceptors (Lipinski definition) is 2. The van der Waals surface area contributed by atoms with E-state index in [1.807, 2.05) is 0 Å². The van der Waals surface area contributed by atoms with Gasteiger partial charge in [-0.1, -0.05) is 45.2 Å². The molecule has 0 aliphatic rings. The van der Waals surface area contributed by atoms with Crippen molar-refractivity contribution >= 4 is 37.8 Å². The van der Waals surface area contributed by atoms with E-state index in [1.54, 1.807) is 0 Å². The highest BCUT2D eigenvalue weighted by molar-refractivity contribution is 9.10. The molecule has 2 nitrogen and oxygen atoms in total. The van der Waals surface area contributed by atoms with Crippen molar-refractivity contribution in [2.24, 2.45) is 0 Å². The van der Waals surface area contributed by atoms with E-state index in [0.29, 0.717) is 6.61 Å². The third kappa shape index (κ3) is 6.00. The Labute approximate surface area is 90.3 Å². The number of rotatable bonds is 6. The van der Waals surface area contributed by atoms with Gasteiger partial charge in [0.2, 0.25) is 0 Å². The van der Waals surface area contributed by atoms with Crippen LogP contribution < -0.4 is 0 Å². The van der Waals surface area contributed by atoms with E-state index >= 15 is 0 Å². The second kappa shape index (κ2) is 8.05. The highest BCUT2D eigenvalue weighted by Gasteiger charge is 2.14. The number of carbonyl (C=O) groups is 1. The van der Waals surface area contributed by atoms with Crippen LogP contribution in [0.15, 0.2) is 0 Å². The van der Waals surface area contributed by atoms with Crippen molar-refractivity contribution in [2.45, 2.75) is 31.0 Å². The summed E-state index contributed by atoms with van der Waals surface area (Å²) >= 11 is 6.51. The fraction of sp³-hybridized carbons (Fsp3) is 0.875. The van der Waals surface area contributed by atoms with E-state index in [2.05, 4.69) is 38.8 Å². The van der Waals surface area contributed by atoms with Gasteiger partial charge in [0, 0.05) is 5.33 Å². The Morgan fingerprint density at radius 3 is 2.75 bits per heavy atom. The Bertz CT molecular complexity index is 128. The third-order valence-corrected chi connectivity index (χ3v) is 2.65. The lowest BCUT2D eigenvalue weighted by Gasteiger charge is -2.07. The first-order valence-electron chi connectivity index (χ1n) is 4.09. The number of ether oxygens (including phenoxy) is 1. The predicted octanol–water partition coefficient (Wildman–Crippen LogP) is 2.88. The number of unbranched alkanes of at least 4 members (excludes halogenated alkanes) is 1. The van der Waals surface area contributed by atoms with E-state index < -0.39 is 0 Å². The van der Waals surface area contributed by atoms with Gasteiger partial charge < -0.3 is 4.74 Å². The molecule has 0 heterocycles. The zero-order valence-electron chi connectivity index (χ0n) is 7.19. The van der Waals surface area contributed by atoms with Gasteiger partial charge in [-0.25, -0.2) is 0 Å². The van der Waals surface area contributed by atoms with Crippen LogP contribution in [0.2, 0.25) is 0 Å². The minimum Gasteiger partial charge on any atom is -0.465 e. The van der Waals surface area contributed by atoms with Crippen LogP contribution in [0.3, 0.4) is 0 Å².